The summed E-state index contributed by atoms with van der Waals surface area (Å²) in [5.41, 5.74) is 2.10. The minimum absolute atomic E-state index is 0.000752. The molecule has 3 rings (SSSR count). The van der Waals surface area contributed by atoms with Gasteiger partial charge >= 0.3 is 0 Å². The van der Waals surface area contributed by atoms with Crippen LogP contribution >= 0.6 is 0 Å². The minimum Gasteiger partial charge on any atom is -0.483 e. The second-order valence-electron chi connectivity index (χ2n) is 7.69. The molecule has 0 aliphatic carbocycles. The van der Waals surface area contributed by atoms with E-state index in [1.54, 1.807) is 0 Å². The van der Waals surface area contributed by atoms with Crippen molar-refractivity contribution >= 4 is 5.91 Å². The van der Waals surface area contributed by atoms with Gasteiger partial charge in [0.1, 0.15) is 11.6 Å². The summed E-state index contributed by atoms with van der Waals surface area (Å²) in [7, 11) is 0. The Morgan fingerprint density at radius 3 is 2.59 bits per heavy atom. The fraction of sp³-hybridized carbons (Fsp3) is 0.375. The first-order valence-electron chi connectivity index (χ1n) is 10.1. The number of halogens is 1. The molecule has 0 bridgehead atoms. The van der Waals surface area contributed by atoms with Gasteiger partial charge in [0, 0.05) is 31.7 Å². The maximum atomic E-state index is 13.1. The van der Waals surface area contributed by atoms with Gasteiger partial charge in [0.25, 0.3) is 5.91 Å². The van der Waals surface area contributed by atoms with Crippen molar-refractivity contribution in [3.05, 3.63) is 78.1 Å². The molecule has 1 amide bonds. The molecule has 0 spiro atoms. The van der Waals surface area contributed by atoms with Gasteiger partial charge in [-0.25, -0.2) is 4.39 Å². The second-order valence-corrected chi connectivity index (χ2v) is 7.69. The highest BCUT2D eigenvalue weighted by Gasteiger charge is 2.32. The quantitative estimate of drug-likeness (QED) is 0.662. The first-order valence-corrected chi connectivity index (χ1v) is 10.1. The average molecular weight is 397 g/mol. The van der Waals surface area contributed by atoms with Crippen LogP contribution in [0, 0.1) is 5.82 Å². The number of rotatable bonds is 7. The third kappa shape index (κ3) is 5.45. The molecule has 1 aliphatic rings. The van der Waals surface area contributed by atoms with Crippen LogP contribution in [-0.4, -0.2) is 47.5 Å². The van der Waals surface area contributed by atoms with Crippen molar-refractivity contribution in [3.63, 3.8) is 0 Å². The molecular weight excluding hydrogens is 367 g/mol. The number of hydrogen-bond acceptors (Lipinski definition) is 3. The van der Waals surface area contributed by atoms with Crippen LogP contribution in [0.3, 0.4) is 0 Å². The lowest BCUT2D eigenvalue weighted by molar-refractivity contribution is -0.139. The lowest BCUT2D eigenvalue weighted by Gasteiger charge is -2.44. The van der Waals surface area contributed by atoms with Gasteiger partial charge in [-0.2, -0.15) is 0 Å². The van der Waals surface area contributed by atoms with Crippen LogP contribution in [0.5, 0.6) is 5.75 Å². The monoisotopic (exact) mass is 396 g/mol. The Hall–Kier alpha value is -2.66. The molecular formula is C24H29FN2O2. The number of benzene rings is 2. The number of carbonyl (C=O) groups excluding carboxylic acids is 1. The summed E-state index contributed by atoms with van der Waals surface area (Å²) in [5, 5.41) is 0. The van der Waals surface area contributed by atoms with Crippen LogP contribution in [-0.2, 0) is 17.8 Å². The van der Waals surface area contributed by atoms with E-state index in [-0.39, 0.29) is 30.4 Å². The molecule has 2 atom stereocenters. The van der Waals surface area contributed by atoms with E-state index in [4.69, 9.17) is 4.74 Å². The standard InChI is InChI=1S/C24H29FN2O2/c1-4-7-21-8-5-6-9-23(21)29-17-24(28)27-15-18(2)26(14-19(27)3)16-20-10-12-22(25)13-11-20/h4-6,8-13,18-19H,1,7,14-17H2,2-3H3/t18-,19+/m0/s1. The van der Waals surface area contributed by atoms with E-state index >= 15 is 0 Å². The van der Waals surface area contributed by atoms with E-state index in [1.807, 2.05) is 47.4 Å². The number of carbonyl (C=O) groups is 1. The van der Waals surface area contributed by atoms with Gasteiger partial charge in [-0.15, -0.1) is 6.58 Å². The van der Waals surface area contributed by atoms with E-state index in [0.29, 0.717) is 13.0 Å². The SMILES string of the molecule is C=CCc1ccccc1OCC(=O)N1C[C@H](C)N(Cc2ccc(F)cc2)C[C@H]1C. The number of hydrogen-bond donors (Lipinski definition) is 0. The Labute approximate surface area is 172 Å². The summed E-state index contributed by atoms with van der Waals surface area (Å²) in [6, 6.07) is 14.7. The normalized spacial score (nSPS) is 19.8. The molecule has 4 nitrogen and oxygen atoms in total. The van der Waals surface area contributed by atoms with Gasteiger partial charge in [-0.1, -0.05) is 36.4 Å². The highest BCUT2D eigenvalue weighted by Crippen LogP contribution is 2.21. The molecule has 29 heavy (non-hydrogen) atoms. The maximum absolute atomic E-state index is 13.1. The summed E-state index contributed by atoms with van der Waals surface area (Å²) in [6.45, 7) is 10.2. The first kappa shape index (κ1) is 21.1. The number of amides is 1. The van der Waals surface area contributed by atoms with E-state index < -0.39 is 0 Å². The first-order chi connectivity index (χ1) is 14.0. The molecule has 1 fully saturated rings. The second kappa shape index (κ2) is 9.70. The lowest BCUT2D eigenvalue weighted by Crippen LogP contribution is -2.58. The molecule has 0 N–H and O–H groups in total. The van der Waals surface area contributed by atoms with Crippen molar-refractivity contribution in [2.75, 3.05) is 19.7 Å². The van der Waals surface area contributed by atoms with Crippen molar-refractivity contribution < 1.29 is 13.9 Å². The molecule has 1 heterocycles. The molecule has 0 radical (unpaired) electrons. The van der Waals surface area contributed by atoms with Crippen LogP contribution in [0.4, 0.5) is 4.39 Å². The third-order valence-corrected chi connectivity index (χ3v) is 5.42. The zero-order chi connectivity index (χ0) is 20.8. The average Bonchev–Trinajstić information content (AvgIpc) is 2.71. The Morgan fingerprint density at radius 1 is 1.14 bits per heavy atom. The van der Waals surface area contributed by atoms with E-state index in [2.05, 4.69) is 25.3 Å². The highest BCUT2D eigenvalue weighted by molar-refractivity contribution is 5.78. The minimum atomic E-state index is -0.222. The number of allylic oxidation sites excluding steroid dienone is 1. The van der Waals surface area contributed by atoms with Gasteiger partial charge < -0.3 is 9.64 Å². The van der Waals surface area contributed by atoms with Crippen molar-refractivity contribution in [1.29, 1.82) is 0 Å². The van der Waals surface area contributed by atoms with Gasteiger partial charge in [-0.05, 0) is 49.6 Å². The zero-order valence-electron chi connectivity index (χ0n) is 17.2. The molecule has 1 saturated heterocycles. The number of nitrogens with zero attached hydrogens (tertiary/aromatic N) is 2. The van der Waals surface area contributed by atoms with Crippen molar-refractivity contribution in [3.8, 4) is 5.75 Å². The predicted octanol–water partition coefficient (Wildman–Crippen LogP) is 4.05. The molecule has 0 aromatic heterocycles. The fourth-order valence-corrected chi connectivity index (χ4v) is 3.78. The van der Waals surface area contributed by atoms with Gasteiger partial charge in [0.05, 0.1) is 0 Å². The maximum Gasteiger partial charge on any atom is 0.260 e. The van der Waals surface area contributed by atoms with Crippen molar-refractivity contribution in [2.24, 2.45) is 0 Å². The van der Waals surface area contributed by atoms with Crippen molar-refractivity contribution in [1.82, 2.24) is 9.80 Å². The summed E-state index contributed by atoms with van der Waals surface area (Å²) in [5.74, 6) is 0.510. The van der Waals surface area contributed by atoms with E-state index in [1.165, 1.54) is 12.1 Å². The Bertz CT molecular complexity index is 837. The van der Waals surface area contributed by atoms with Gasteiger partial charge in [0.15, 0.2) is 6.61 Å². The van der Waals surface area contributed by atoms with Crippen LogP contribution < -0.4 is 4.74 Å². The molecule has 1 aliphatic heterocycles. The fourth-order valence-electron chi connectivity index (χ4n) is 3.78. The molecule has 5 heteroatoms. The van der Waals surface area contributed by atoms with Crippen LogP contribution in [0.2, 0.25) is 0 Å². The summed E-state index contributed by atoms with van der Waals surface area (Å²) >= 11 is 0. The van der Waals surface area contributed by atoms with E-state index in [0.717, 1.165) is 30.0 Å². The summed E-state index contributed by atoms with van der Waals surface area (Å²) < 4.78 is 19.0. The van der Waals surface area contributed by atoms with Gasteiger partial charge in [0.2, 0.25) is 0 Å². The van der Waals surface area contributed by atoms with E-state index in [9.17, 15) is 9.18 Å². The lowest BCUT2D eigenvalue weighted by atomic mass is 10.1. The molecule has 2 aromatic carbocycles. The summed E-state index contributed by atoms with van der Waals surface area (Å²) in [4.78, 5) is 17.1. The third-order valence-electron chi connectivity index (χ3n) is 5.42. The Balaban J connectivity index is 1.57. The highest BCUT2D eigenvalue weighted by atomic mass is 19.1. The zero-order valence-corrected chi connectivity index (χ0v) is 17.2. The smallest absolute Gasteiger partial charge is 0.260 e. The molecule has 0 saturated carbocycles. The van der Waals surface area contributed by atoms with Crippen LogP contribution in [0.1, 0.15) is 25.0 Å². The molecule has 2 aromatic rings. The van der Waals surface area contributed by atoms with Crippen LogP contribution in [0.15, 0.2) is 61.2 Å². The molecule has 154 valence electrons. The molecule has 0 unspecified atom stereocenters. The topological polar surface area (TPSA) is 32.8 Å². The predicted molar refractivity (Wildman–Crippen MR) is 113 cm³/mol. The Kier molecular flexibility index (Phi) is 7.04. The van der Waals surface area contributed by atoms with Crippen molar-refractivity contribution in [2.45, 2.75) is 38.9 Å². The summed E-state index contributed by atoms with van der Waals surface area (Å²) in [6.07, 6.45) is 2.54. The number of piperazine rings is 1. The number of para-hydroxylation sites is 1. The Morgan fingerprint density at radius 2 is 1.86 bits per heavy atom. The van der Waals surface area contributed by atoms with Gasteiger partial charge in [-0.3, -0.25) is 9.69 Å². The number of ether oxygens (including phenoxy) is 1. The largest absolute Gasteiger partial charge is 0.483 e. The van der Waals surface area contributed by atoms with Crippen LogP contribution in [0.25, 0.3) is 0 Å².